The van der Waals surface area contributed by atoms with Gasteiger partial charge >= 0.3 is 0 Å². The Labute approximate surface area is 177 Å². The number of carbonyl (C=O) groups excluding carboxylic acids is 1. The van der Waals surface area contributed by atoms with Gasteiger partial charge in [-0.2, -0.15) is 4.98 Å². The summed E-state index contributed by atoms with van der Waals surface area (Å²) in [7, 11) is 1.57. The molecule has 0 saturated heterocycles. The van der Waals surface area contributed by atoms with E-state index in [1.54, 1.807) is 25.3 Å². The van der Waals surface area contributed by atoms with Crippen molar-refractivity contribution in [3.63, 3.8) is 0 Å². The molecule has 1 aromatic heterocycles. The molecule has 0 unspecified atom stereocenters. The van der Waals surface area contributed by atoms with Crippen molar-refractivity contribution in [1.82, 2.24) is 10.3 Å². The molecule has 6 nitrogen and oxygen atoms in total. The summed E-state index contributed by atoms with van der Waals surface area (Å²) in [6.07, 6.45) is 7.93. The maximum Gasteiger partial charge on any atom is 0.252 e. The Hall–Kier alpha value is -1.80. The van der Waals surface area contributed by atoms with E-state index in [1.165, 1.54) is 37.0 Å². The summed E-state index contributed by atoms with van der Waals surface area (Å²) in [5.41, 5.74) is 0.517. The molecule has 1 aromatic carbocycles. The molecule has 1 amide bonds. The van der Waals surface area contributed by atoms with Gasteiger partial charge in [0, 0.05) is 23.5 Å². The van der Waals surface area contributed by atoms with Crippen molar-refractivity contribution < 1.29 is 14.6 Å². The zero-order valence-corrected chi connectivity index (χ0v) is 18.4. The Kier molecular flexibility index (Phi) is 7.56. The molecular formula is C20H26BrN3O3S. The monoisotopic (exact) mass is 467 g/mol. The molecule has 1 fully saturated rings. The van der Waals surface area contributed by atoms with Crippen molar-refractivity contribution in [3.05, 3.63) is 33.1 Å². The minimum absolute atomic E-state index is 0.0536. The van der Waals surface area contributed by atoms with Crippen LogP contribution in [-0.2, 0) is 6.42 Å². The predicted octanol–water partition coefficient (Wildman–Crippen LogP) is 4.73. The van der Waals surface area contributed by atoms with Crippen molar-refractivity contribution in [2.45, 2.75) is 51.0 Å². The van der Waals surface area contributed by atoms with E-state index in [0.29, 0.717) is 34.8 Å². The van der Waals surface area contributed by atoms with E-state index in [9.17, 15) is 9.90 Å². The number of hydrogen-bond acceptors (Lipinski definition) is 6. The Bertz CT molecular complexity index is 804. The van der Waals surface area contributed by atoms with Crippen LogP contribution in [0.25, 0.3) is 0 Å². The fourth-order valence-electron chi connectivity index (χ4n) is 3.36. The Morgan fingerprint density at radius 1 is 1.32 bits per heavy atom. The van der Waals surface area contributed by atoms with E-state index >= 15 is 0 Å². The number of thiazole rings is 1. The number of amides is 1. The van der Waals surface area contributed by atoms with E-state index in [2.05, 4.69) is 31.5 Å². The number of methoxy groups -OCH3 is 1. The summed E-state index contributed by atoms with van der Waals surface area (Å²) in [5, 5.41) is 17.3. The van der Waals surface area contributed by atoms with Gasteiger partial charge in [0.05, 0.1) is 17.6 Å². The third-order valence-electron chi connectivity index (χ3n) is 4.92. The third-order valence-corrected chi connectivity index (χ3v) is 6.64. The summed E-state index contributed by atoms with van der Waals surface area (Å²) >= 11 is 4.86. The van der Waals surface area contributed by atoms with Gasteiger partial charge in [-0.3, -0.25) is 4.79 Å². The molecule has 1 heterocycles. The highest BCUT2D eigenvalue weighted by Gasteiger charge is 2.17. The number of aromatic nitrogens is 1. The van der Waals surface area contributed by atoms with Gasteiger partial charge in [0.1, 0.15) is 5.75 Å². The first-order chi connectivity index (χ1) is 13.6. The van der Waals surface area contributed by atoms with E-state index < -0.39 is 0 Å². The quantitative estimate of drug-likeness (QED) is 0.512. The van der Waals surface area contributed by atoms with Gasteiger partial charge in [0.25, 0.3) is 5.91 Å². The topological polar surface area (TPSA) is 83.5 Å². The van der Waals surface area contributed by atoms with Crippen LogP contribution in [-0.4, -0.2) is 35.7 Å². The molecular weight excluding hydrogens is 442 g/mol. The van der Waals surface area contributed by atoms with Gasteiger partial charge in [0.15, 0.2) is 5.13 Å². The van der Waals surface area contributed by atoms with Crippen LogP contribution in [0.1, 0.15) is 53.8 Å². The summed E-state index contributed by atoms with van der Waals surface area (Å²) < 4.78 is 5.88. The van der Waals surface area contributed by atoms with Crippen LogP contribution >= 0.6 is 27.3 Å². The number of halogens is 1. The minimum atomic E-state index is -0.188. The second-order valence-electron chi connectivity index (χ2n) is 6.95. The van der Waals surface area contributed by atoms with Crippen LogP contribution in [0, 0.1) is 0 Å². The Balaban J connectivity index is 1.53. The van der Waals surface area contributed by atoms with E-state index in [1.807, 2.05) is 0 Å². The number of ether oxygens (including phenoxy) is 1. The number of carbonyl (C=O) groups is 1. The number of benzene rings is 1. The van der Waals surface area contributed by atoms with Gasteiger partial charge in [-0.05, 0) is 47.0 Å². The number of rotatable bonds is 7. The Morgan fingerprint density at radius 3 is 2.79 bits per heavy atom. The largest absolute Gasteiger partial charge is 0.497 e. The maximum absolute atomic E-state index is 12.4. The Morgan fingerprint density at radius 2 is 2.07 bits per heavy atom. The van der Waals surface area contributed by atoms with Crippen LogP contribution in [0.2, 0.25) is 0 Å². The molecule has 0 aliphatic heterocycles. The van der Waals surface area contributed by atoms with Crippen LogP contribution in [0.15, 0.2) is 22.7 Å². The fraction of sp³-hybridized carbons (Fsp3) is 0.500. The first-order valence-corrected chi connectivity index (χ1v) is 11.2. The second kappa shape index (κ2) is 10.1. The molecule has 2 aromatic rings. The van der Waals surface area contributed by atoms with Crippen molar-refractivity contribution in [2.24, 2.45) is 0 Å². The summed E-state index contributed by atoms with van der Waals surface area (Å²) in [5.74, 6) is 0.493. The predicted molar refractivity (Wildman–Crippen MR) is 116 cm³/mol. The second-order valence-corrected chi connectivity index (χ2v) is 8.89. The van der Waals surface area contributed by atoms with E-state index in [4.69, 9.17) is 4.74 Å². The smallest absolute Gasteiger partial charge is 0.252 e. The first-order valence-electron chi connectivity index (χ1n) is 9.63. The standard InChI is InChI=1S/C20H26BrN3O3S/c1-27-14-8-9-16(21)15(12-14)18(25)22-11-10-17-19(26)24-20(28-17)23-13-6-4-2-3-5-7-13/h8-9,12-13,26H,2-7,10-11H2,1H3,(H,22,25)(H,23,24). The average Bonchev–Trinajstić information content (AvgIpc) is 2.86. The summed E-state index contributed by atoms with van der Waals surface area (Å²) in [4.78, 5) is 17.5. The van der Waals surface area contributed by atoms with Gasteiger partial charge in [-0.15, -0.1) is 0 Å². The van der Waals surface area contributed by atoms with Gasteiger partial charge in [0.2, 0.25) is 5.88 Å². The number of anilines is 1. The van der Waals surface area contributed by atoms with E-state index in [-0.39, 0.29) is 11.8 Å². The summed E-state index contributed by atoms with van der Waals surface area (Å²) in [6, 6.07) is 5.71. The number of aromatic hydroxyl groups is 1. The molecule has 3 rings (SSSR count). The number of nitrogens with zero attached hydrogens (tertiary/aromatic N) is 1. The van der Waals surface area contributed by atoms with Crippen molar-refractivity contribution in [1.29, 1.82) is 0 Å². The average molecular weight is 468 g/mol. The minimum Gasteiger partial charge on any atom is -0.497 e. The van der Waals surface area contributed by atoms with Crippen molar-refractivity contribution >= 4 is 38.3 Å². The third kappa shape index (κ3) is 5.61. The van der Waals surface area contributed by atoms with E-state index in [0.717, 1.165) is 22.9 Å². The van der Waals surface area contributed by atoms with Crippen molar-refractivity contribution in [3.8, 4) is 11.6 Å². The van der Waals surface area contributed by atoms with Crippen LogP contribution in [0.5, 0.6) is 11.6 Å². The molecule has 1 aliphatic carbocycles. The molecule has 0 spiro atoms. The molecule has 0 bridgehead atoms. The van der Waals surface area contributed by atoms with Crippen LogP contribution in [0.4, 0.5) is 5.13 Å². The lowest BCUT2D eigenvalue weighted by Gasteiger charge is -2.14. The lowest BCUT2D eigenvalue weighted by molar-refractivity contribution is 0.0953. The molecule has 28 heavy (non-hydrogen) atoms. The van der Waals surface area contributed by atoms with Crippen LogP contribution in [0.3, 0.4) is 0 Å². The highest BCUT2D eigenvalue weighted by molar-refractivity contribution is 9.10. The van der Waals surface area contributed by atoms with Crippen LogP contribution < -0.4 is 15.4 Å². The maximum atomic E-state index is 12.4. The van der Waals surface area contributed by atoms with Gasteiger partial charge in [-0.25, -0.2) is 0 Å². The van der Waals surface area contributed by atoms with Crippen molar-refractivity contribution in [2.75, 3.05) is 19.0 Å². The highest BCUT2D eigenvalue weighted by atomic mass is 79.9. The zero-order valence-electron chi connectivity index (χ0n) is 16.0. The molecule has 1 aliphatic rings. The lowest BCUT2D eigenvalue weighted by atomic mass is 10.1. The summed E-state index contributed by atoms with van der Waals surface area (Å²) in [6.45, 7) is 0.418. The molecule has 1 saturated carbocycles. The molecule has 8 heteroatoms. The lowest BCUT2D eigenvalue weighted by Crippen LogP contribution is -2.25. The number of nitrogens with one attached hydrogen (secondary N) is 2. The molecule has 152 valence electrons. The SMILES string of the molecule is COc1ccc(Br)c(C(=O)NCCc2sc(NC3CCCCCC3)nc2O)c1. The molecule has 3 N–H and O–H groups in total. The molecule has 0 atom stereocenters. The van der Waals surface area contributed by atoms with Gasteiger partial charge < -0.3 is 20.5 Å². The highest BCUT2D eigenvalue weighted by Crippen LogP contribution is 2.30. The van der Waals surface area contributed by atoms with Gasteiger partial charge in [-0.1, -0.05) is 37.0 Å². The zero-order chi connectivity index (χ0) is 19.9. The number of hydrogen-bond donors (Lipinski definition) is 3. The molecule has 0 radical (unpaired) electrons. The fourth-order valence-corrected chi connectivity index (χ4v) is 4.72. The normalized spacial score (nSPS) is 15.1. The first kappa shape index (κ1) is 20.9.